The zero-order valence-corrected chi connectivity index (χ0v) is 21.0. The van der Waals surface area contributed by atoms with Crippen molar-refractivity contribution in [2.45, 2.75) is 25.7 Å². The van der Waals surface area contributed by atoms with Gasteiger partial charge in [0.1, 0.15) is 0 Å². The molecule has 2 saturated heterocycles. The number of carboxylic acid groups (broad SMARTS) is 2. The fraction of sp³-hybridized carbons (Fsp3) is 0.909. The molecule has 0 aromatic heterocycles. The Morgan fingerprint density at radius 2 is 0.706 bits per heavy atom. The van der Waals surface area contributed by atoms with E-state index in [0.717, 1.165) is 105 Å². The van der Waals surface area contributed by atoms with Crippen LogP contribution in [-0.2, 0) is 9.59 Å². The van der Waals surface area contributed by atoms with E-state index in [4.69, 9.17) is 33.1 Å². The van der Waals surface area contributed by atoms with Crippen LogP contribution in [0.2, 0.25) is 0 Å². The van der Waals surface area contributed by atoms with Crippen LogP contribution in [0.5, 0.6) is 0 Å². The van der Waals surface area contributed by atoms with Crippen molar-refractivity contribution in [3.63, 3.8) is 0 Å². The van der Waals surface area contributed by atoms with Gasteiger partial charge in [0, 0.05) is 118 Å². The van der Waals surface area contributed by atoms with Crippen LogP contribution in [0.1, 0.15) is 25.7 Å². The Hall–Kier alpha value is -1.38. The number of nitrogens with two attached hydrogens (primary N) is 4. The highest BCUT2D eigenvalue weighted by Crippen LogP contribution is 2.00. The molecule has 2 aliphatic heterocycles. The average Bonchev–Trinajstić information content (AvgIpc) is 2.81. The first-order valence-corrected chi connectivity index (χ1v) is 12.5. The summed E-state index contributed by atoms with van der Waals surface area (Å²) in [5.74, 6) is -1.74. The summed E-state index contributed by atoms with van der Waals surface area (Å²) in [5.41, 5.74) is 21.9. The van der Waals surface area contributed by atoms with E-state index in [9.17, 15) is 9.59 Å². The van der Waals surface area contributed by atoms with Gasteiger partial charge >= 0.3 is 11.9 Å². The molecule has 0 spiro atoms. The lowest BCUT2D eigenvalue weighted by Gasteiger charge is -2.34. The minimum atomic E-state index is -0.870. The molecule has 12 heteroatoms. The second-order valence-electron chi connectivity index (χ2n) is 8.52. The van der Waals surface area contributed by atoms with Gasteiger partial charge in [-0.05, 0) is 12.8 Å². The summed E-state index contributed by atoms with van der Waals surface area (Å²) in [5, 5.41) is 16.3. The molecule has 202 valence electrons. The van der Waals surface area contributed by atoms with Crippen LogP contribution in [0.3, 0.4) is 0 Å². The molecule has 0 aliphatic carbocycles. The zero-order valence-electron chi connectivity index (χ0n) is 21.0. The van der Waals surface area contributed by atoms with Gasteiger partial charge in [-0.15, -0.1) is 0 Å². The third-order valence-corrected chi connectivity index (χ3v) is 5.74. The van der Waals surface area contributed by atoms with E-state index in [2.05, 4.69) is 19.6 Å². The standard InChI is InChI=1S/2C8H20N4.C6H10O4/c2*9-1-3-11-5-7-12(4-2-10)8-6-11;7-5(8)3-1-2-4-6(9)10/h2*1-10H2;1-4H2,(H,7,8)(H,9,10). The van der Waals surface area contributed by atoms with E-state index < -0.39 is 11.9 Å². The molecule has 2 heterocycles. The predicted molar refractivity (Wildman–Crippen MR) is 136 cm³/mol. The maximum absolute atomic E-state index is 9.90. The smallest absolute Gasteiger partial charge is 0.303 e. The Morgan fingerprint density at radius 1 is 0.500 bits per heavy atom. The molecule has 0 saturated carbocycles. The molecule has 2 rings (SSSR count). The second-order valence-corrected chi connectivity index (χ2v) is 8.52. The number of aliphatic carboxylic acids is 2. The van der Waals surface area contributed by atoms with Crippen molar-refractivity contribution < 1.29 is 19.8 Å². The number of piperazine rings is 2. The van der Waals surface area contributed by atoms with Crippen molar-refractivity contribution in [3.05, 3.63) is 0 Å². The number of unbranched alkanes of at least 4 members (excludes halogenated alkanes) is 1. The zero-order chi connectivity index (χ0) is 25.6. The van der Waals surface area contributed by atoms with Crippen molar-refractivity contribution in [3.8, 4) is 0 Å². The Bertz CT molecular complexity index is 427. The Labute approximate surface area is 205 Å². The monoisotopic (exact) mass is 490 g/mol. The third-order valence-electron chi connectivity index (χ3n) is 5.74. The van der Waals surface area contributed by atoms with Crippen LogP contribution < -0.4 is 22.9 Å². The number of carboxylic acids is 2. The van der Waals surface area contributed by atoms with Crippen LogP contribution in [0.25, 0.3) is 0 Å². The van der Waals surface area contributed by atoms with E-state index in [-0.39, 0.29) is 12.8 Å². The first-order valence-electron chi connectivity index (χ1n) is 12.5. The normalized spacial score (nSPS) is 17.9. The molecule has 0 atom stereocenters. The van der Waals surface area contributed by atoms with Gasteiger partial charge in [-0.3, -0.25) is 29.2 Å². The summed E-state index contributed by atoms with van der Waals surface area (Å²) in [4.78, 5) is 29.4. The quantitative estimate of drug-likeness (QED) is 0.152. The minimum absolute atomic E-state index is 0.0628. The van der Waals surface area contributed by atoms with Gasteiger partial charge in [0.25, 0.3) is 0 Å². The van der Waals surface area contributed by atoms with Crippen LogP contribution in [0.4, 0.5) is 0 Å². The Balaban J connectivity index is 0.000000484. The molecule has 10 N–H and O–H groups in total. The van der Waals surface area contributed by atoms with E-state index >= 15 is 0 Å². The van der Waals surface area contributed by atoms with Gasteiger partial charge in [-0.1, -0.05) is 0 Å². The van der Waals surface area contributed by atoms with Gasteiger partial charge < -0.3 is 33.1 Å². The molecule has 2 fully saturated rings. The lowest BCUT2D eigenvalue weighted by Crippen LogP contribution is -2.48. The van der Waals surface area contributed by atoms with E-state index in [1.807, 2.05) is 0 Å². The van der Waals surface area contributed by atoms with Crippen LogP contribution >= 0.6 is 0 Å². The van der Waals surface area contributed by atoms with Crippen molar-refractivity contribution in [2.24, 2.45) is 22.9 Å². The van der Waals surface area contributed by atoms with Crippen molar-refractivity contribution in [2.75, 3.05) is 105 Å². The van der Waals surface area contributed by atoms with Crippen LogP contribution in [-0.4, -0.2) is 146 Å². The van der Waals surface area contributed by atoms with Crippen LogP contribution in [0.15, 0.2) is 0 Å². The van der Waals surface area contributed by atoms with Gasteiger partial charge in [0.05, 0.1) is 0 Å². The molecule has 2 aliphatic rings. The molecule has 0 aromatic carbocycles. The number of rotatable bonds is 13. The topological polar surface area (TPSA) is 192 Å². The summed E-state index contributed by atoms with van der Waals surface area (Å²) in [7, 11) is 0. The first kappa shape index (κ1) is 32.6. The fourth-order valence-electron chi connectivity index (χ4n) is 3.76. The number of hydrogen-bond donors (Lipinski definition) is 6. The molecular formula is C22H50N8O4. The van der Waals surface area contributed by atoms with Gasteiger partial charge in [-0.25, -0.2) is 0 Å². The van der Waals surface area contributed by atoms with Crippen molar-refractivity contribution >= 4 is 11.9 Å². The second kappa shape index (κ2) is 22.1. The molecule has 0 bridgehead atoms. The largest absolute Gasteiger partial charge is 0.481 e. The van der Waals surface area contributed by atoms with Gasteiger partial charge in [0.15, 0.2) is 0 Å². The fourth-order valence-corrected chi connectivity index (χ4v) is 3.76. The van der Waals surface area contributed by atoms with E-state index in [0.29, 0.717) is 12.8 Å². The highest BCUT2D eigenvalue weighted by molar-refractivity contribution is 5.67. The molecule has 34 heavy (non-hydrogen) atoms. The summed E-state index contributed by atoms with van der Waals surface area (Å²) >= 11 is 0. The predicted octanol–water partition coefficient (Wildman–Crippen LogP) is -2.24. The SMILES string of the molecule is NCCN1CCN(CCN)CC1.NCCN1CCN(CCN)CC1.O=C(O)CCCCC(=O)O. The number of carbonyl (C=O) groups is 2. The Morgan fingerprint density at radius 3 is 0.853 bits per heavy atom. The highest BCUT2D eigenvalue weighted by Gasteiger charge is 2.15. The minimum Gasteiger partial charge on any atom is -0.481 e. The number of nitrogens with zero attached hydrogens (tertiary/aromatic N) is 4. The first-order chi connectivity index (χ1) is 16.4. The maximum Gasteiger partial charge on any atom is 0.303 e. The summed E-state index contributed by atoms with van der Waals surface area (Å²) < 4.78 is 0. The van der Waals surface area contributed by atoms with Crippen molar-refractivity contribution in [1.82, 2.24) is 19.6 Å². The van der Waals surface area contributed by atoms with E-state index in [1.54, 1.807) is 0 Å². The molecule has 0 aromatic rings. The maximum atomic E-state index is 9.90. The van der Waals surface area contributed by atoms with Gasteiger partial charge in [0.2, 0.25) is 0 Å². The Kier molecular flexibility index (Phi) is 21.2. The average molecular weight is 491 g/mol. The highest BCUT2D eigenvalue weighted by atomic mass is 16.4. The van der Waals surface area contributed by atoms with Crippen molar-refractivity contribution in [1.29, 1.82) is 0 Å². The molecule has 0 radical (unpaired) electrons. The van der Waals surface area contributed by atoms with Crippen LogP contribution in [0, 0.1) is 0 Å². The summed E-state index contributed by atoms with van der Waals surface area (Å²) in [6, 6.07) is 0. The molecule has 12 nitrogen and oxygen atoms in total. The van der Waals surface area contributed by atoms with E-state index in [1.165, 1.54) is 0 Å². The summed E-state index contributed by atoms with van der Waals surface area (Å²) in [6.07, 6.45) is 1.02. The molecule has 0 amide bonds. The summed E-state index contributed by atoms with van der Waals surface area (Å²) in [6.45, 7) is 16.5. The van der Waals surface area contributed by atoms with Gasteiger partial charge in [-0.2, -0.15) is 0 Å². The third kappa shape index (κ3) is 19.0. The lowest BCUT2D eigenvalue weighted by molar-refractivity contribution is -0.139. The lowest BCUT2D eigenvalue weighted by atomic mass is 10.2. The molecular weight excluding hydrogens is 440 g/mol. The molecule has 0 unspecified atom stereocenters. The number of hydrogen-bond acceptors (Lipinski definition) is 10.